The minimum Gasteiger partial charge on any atom is -0.483 e. The van der Waals surface area contributed by atoms with Crippen LogP contribution in [0.25, 0.3) is 0 Å². The number of carbonyl (C=O) groups excluding carboxylic acids is 2. The number of aldehydes is 1. The highest BCUT2D eigenvalue weighted by Gasteiger charge is 2.27. The number of hydrogen-bond donors (Lipinski definition) is 1. The van der Waals surface area contributed by atoms with Gasteiger partial charge < -0.3 is 10.1 Å². The summed E-state index contributed by atoms with van der Waals surface area (Å²) >= 11 is 0. The Labute approximate surface area is 101 Å². The predicted octanol–water partition coefficient (Wildman–Crippen LogP) is 1.56. The molecule has 0 saturated carbocycles. The van der Waals surface area contributed by atoms with Gasteiger partial charge in [-0.05, 0) is 12.1 Å². The number of benzene rings is 1. The molecule has 0 aliphatic carbocycles. The van der Waals surface area contributed by atoms with Crippen LogP contribution in [0.5, 0.6) is 5.75 Å². The minimum absolute atomic E-state index is 0.148. The van der Waals surface area contributed by atoms with Crippen molar-refractivity contribution < 1.29 is 27.5 Å². The molecule has 0 heterocycles. The summed E-state index contributed by atoms with van der Waals surface area (Å²) in [7, 11) is 0. The molecule has 0 saturated heterocycles. The summed E-state index contributed by atoms with van der Waals surface area (Å²) in [5.74, 6) is -0.761. The van der Waals surface area contributed by atoms with Gasteiger partial charge >= 0.3 is 6.18 Å². The Kier molecular flexibility index (Phi) is 4.70. The molecule has 1 aromatic rings. The van der Waals surface area contributed by atoms with Crippen molar-refractivity contribution in [2.75, 3.05) is 13.2 Å². The third-order valence-electron chi connectivity index (χ3n) is 1.89. The van der Waals surface area contributed by atoms with Crippen LogP contribution in [0.2, 0.25) is 0 Å². The van der Waals surface area contributed by atoms with Gasteiger partial charge in [0.25, 0.3) is 5.91 Å². The van der Waals surface area contributed by atoms with E-state index >= 15 is 0 Å². The van der Waals surface area contributed by atoms with E-state index in [0.717, 1.165) is 0 Å². The van der Waals surface area contributed by atoms with Crippen molar-refractivity contribution in [2.24, 2.45) is 0 Å². The molecular weight excluding hydrogens is 251 g/mol. The van der Waals surface area contributed by atoms with E-state index in [-0.39, 0.29) is 11.3 Å². The Morgan fingerprint density at radius 2 is 2.00 bits per heavy atom. The third kappa shape index (κ3) is 4.86. The standard InChI is InChI=1S/C11H10F3NO3/c12-11(13,14)7-15-10(17)6-18-9-4-2-1-3-8(9)5-16/h1-5H,6-7H2,(H,15,17). The zero-order chi connectivity index (χ0) is 13.6. The highest BCUT2D eigenvalue weighted by atomic mass is 19.4. The van der Waals surface area contributed by atoms with E-state index in [2.05, 4.69) is 0 Å². The fourth-order valence-electron chi connectivity index (χ4n) is 1.10. The van der Waals surface area contributed by atoms with Gasteiger partial charge in [0.1, 0.15) is 12.3 Å². The molecule has 0 spiro atoms. The van der Waals surface area contributed by atoms with E-state index in [1.807, 2.05) is 0 Å². The quantitative estimate of drug-likeness (QED) is 0.818. The molecule has 1 N–H and O–H groups in total. The van der Waals surface area contributed by atoms with Gasteiger partial charge in [-0.1, -0.05) is 12.1 Å². The van der Waals surface area contributed by atoms with Crippen LogP contribution in [-0.2, 0) is 4.79 Å². The van der Waals surface area contributed by atoms with E-state index in [1.165, 1.54) is 12.1 Å². The van der Waals surface area contributed by atoms with Crippen LogP contribution in [0.4, 0.5) is 13.2 Å². The Morgan fingerprint density at radius 3 is 2.61 bits per heavy atom. The molecule has 98 valence electrons. The van der Waals surface area contributed by atoms with Crippen LogP contribution in [-0.4, -0.2) is 31.5 Å². The second kappa shape index (κ2) is 6.04. The Morgan fingerprint density at radius 1 is 1.33 bits per heavy atom. The smallest absolute Gasteiger partial charge is 0.405 e. The van der Waals surface area contributed by atoms with E-state index < -0.39 is 25.2 Å². The average molecular weight is 261 g/mol. The molecule has 0 unspecified atom stereocenters. The zero-order valence-electron chi connectivity index (χ0n) is 9.16. The Balaban J connectivity index is 2.45. The SMILES string of the molecule is O=Cc1ccccc1OCC(=O)NCC(F)(F)F. The molecule has 18 heavy (non-hydrogen) atoms. The van der Waals surface area contributed by atoms with Crippen molar-refractivity contribution in [3.05, 3.63) is 29.8 Å². The summed E-state index contributed by atoms with van der Waals surface area (Å²) in [6, 6.07) is 6.09. The molecule has 0 aromatic heterocycles. The van der Waals surface area contributed by atoms with Gasteiger partial charge in [-0.25, -0.2) is 0 Å². The van der Waals surface area contributed by atoms with Gasteiger partial charge in [-0.15, -0.1) is 0 Å². The van der Waals surface area contributed by atoms with Crippen LogP contribution < -0.4 is 10.1 Å². The van der Waals surface area contributed by atoms with Gasteiger partial charge in [0.15, 0.2) is 12.9 Å². The van der Waals surface area contributed by atoms with E-state index in [1.54, 1.807) is 17.4 Å². The van der Waals surface area contributed by atoms with Crippen LogP contribution in [0.3, 0.4) is 0 Å². The van der Waals surface area contributed by atoms with E-state index in [0.29, 0.717) is 6.29 Å². The predicted molar refractivity (Wildman–Crippen MR) is 56.4 cm³/mol. The summed E-state index contributed by atoms with van der Waals surface area (Å²) < 4.78 is 40.3. The Bertz CT molecular complexity index is 432. The molecule has 1 aromatic carbocycles. The van der Waals surface area contributed by atoms with Crippen molar-refractivity contribution in [3.8, 4) is 5.75 Å². The monoisotopic (exact) mass is 261 g/mol. The number of halogens is 3. The first kappa shape index (κ1) is 14.0. The molecule has 1 amide bonds. The number of hydrogen-bond acceptors (Lipinski definition) is 3. The highest BCUT2D eigenvalue weighted by molar-refractivity contribution is 5.80. The van der Waals surface area contributed by atoms with Crippen molar-refractivity contribution in [1.29, 1.82) is 0 Å². The number of rotatable bonds is 5. The molecule has 0 bridgehead atoms. The highest BCUT2D eigenvalue weighted by Crippen LogP contribution is 2.15. The van der Waals surface area contributed by atoms with Gasteiger partial charge in [-0.3, -0.25) is 9.59 Å². The number of ether oxygens (including phenoxy) is 1. The summed E-state index contributed by atoms with van der Waals surface area (Å²) in [6.07, 6.45) is -3.93. The maximum atomic E-state index is 11.8. The fourth-order valence-corrected chi connectivity index (χ4v) is 1.10. The number of nitrogens with one attached hydrogen (secondary N) is 1. The van der Waals surface area contributed by atoms with Crippen molar-refractivity contribution in [1.82, 2.24) is 5.32 Å². The first-order valence-corrected chi connectivity index (χ1v) is 4.93. The largest absolute Gasteiger partial charge is 0.483 e. The van der Waals surface area contributed by atoms with Crippen LogP contribution >= 0.6 is 0 Å². The topological polar surface area (TPSA) is 55.4 Å². The molecule has 7 heteroatoms. The summed E-state index contributed by atoms with van der Waals surface area (Å²) in [4.78, 5) is 21.6. The maximum absolute atomic E-state index is 11.8. The summed E-state index contributed by atoms with van der Waals surface area (Å²) in [5.41, 5.74) is 0.223. The second-order valence-corrected chi connectivity index (χ2v) is 3.34. The molecule has 0 aliphatic rings. The van der Waals surface area contributed by atoms with Gasteiger partial charge in [0, 0.05) is 0 Å². The first-order valence-electron chi connectivity index (χ1n) is 4.93. The lowest BCUT2D eigenvalue weighted by molar-refractivity contribution is -0.139. The lowest BCUT2D eigenvalue weighted by Gasteiger charge is -2.10. The zero-order valence-corrected chi connectivity index (χ0v) is 9.16. The first-order chi connectivity index (χ1) is 8.42. The molecule has 1 rings (SSSR count). The summed E-state index contributed by atoms with van der Waals surface area (Å²) in [5, 5.41) is 1.65. The third-order valence-corrected chi connectivity index (χ3v) is 1.89. The fraction of sp³-hybridized carbons (Fsp3) is 0.273. The number of carbonyl (C=O) groups is 2. The Hall–Kier alpha value is -2.05. The number of para-hydroxylation sites is 1. The maximum Gasteiger partial charge on any atom is 0.405 e. The lowest BCUT2D eigenvalue weighted by Crippen LogP contribution is -2.36. The molecule has 0 fully saturated rings. The molecular formula is C11H10F3NO3. The van der Waals surface area contributed by atoms with Gasteiger partial charge in [-0.2, -0.15) is 13.2 Å². The molecule has 0 atom stereocenters. The minimum atomic E-state index is -4.46. The van der Waals surface area contributed by atoms with Gasteiger partial charge in [0.05, 0.1) is 5.56 Å². The average Bonchev–Trinajstić information content (AvgIpc) is 2.33. The van der Waals surface area contributed by atoms with Crippen LogP contribution in [0.15, 0.2) is 24.3 Å². The van der Waals surface area contributed by atoms with Crippen molar-refractivity contribution in [3.63, 3.8) is 0 Å². The lowest BCUT2D eigenvalue weighted by atomic mass is 10.2. The number of amides is 1. The van der Waals surface area contributed by atoms with Crippen LogP contribution in [0.1, 0.15) is 10.4 Å². The van der Waals surface area contributed by atoms with Crippen molar-refractivity contribution in [2.45, 2.75) is 6.18 Å². The molecule has 0 aliphatic heterocycles. The van der Waals surface area contributed by atoms with Crippen LogP contribution in [0, 0.1) is 0 Å². The van der Waals surface area contributed by atoms with Crippen molar-refractivity contribution >= 4 is 12.2 Å². The summed E-state index contributed by atoms with van der Waals surface area (Å²) in [6.45, 7) is -1.99. The number of alkyl halides is 3. The molecule has 0 radical (unpaired) electrons. The second-order valence-electron chi connectivity index (χ2n) is 3.34. The van der Waals surface area contributed by atoms with E-state index in [9.17, 15) is 22.8 Å². The normalized spacial score (nSPS) is 10.8. The van der Waals surface area contributed by atoms with E-state index in [4.69, 9.17) is 4.74 Å². The molecule has 4 nitrogen and oxygen atoms in total. The van der Waals surface area contributed by atoms with Gasteiger partial charge in [0.2, 0.25) is 0 Å².